The van der Waals surface area contributed by atoms with E-state index in [4.69, 9.17) is 21.7 Å². The van der Waals surface area contributed by atoms with Crippen LogP contribution in [0.25, 0.3) is 0 Å². The molecule has 4 nitrogen and oxygen atoms in total. The number of carbonyl (C=O) groups excluding carboxylic acids is 1. The van der Waals surface area contributed by atoms with E-state index >= 15 is 0 Å². The van der Waals surface area contributed by atoms with Gasteiger partial charge in [-0.2, -0.15) is 0 Å². The molecule has 0 saturated carbocycles. The molecule has 0 aliphatic carbocycles. The van der Waals surface area contributed by atoms with Crippen molar-refractivity contribution < 1.29 is 23.0 Å². The third kappa shape index (κ3) is 6.25. The van der Waals surface area contributed by atoms with Gasteiger partial charge in [-0.25, -0.2) is 13.6 Å². The Labute approximate surface area is 170 Å². The zero-order valence-electron chi connectivity index (χ0n) is 14.8. The van der Waals surface area contributed by atoms with Gasteiger partial charge in [0.25, 0.3) is 0 Å². The van der Waals surface area contributed by atoms with Crippen LogP contribution < -0.4 is 10.1 Å². The van der Waals surface area contributed by atoms with E-state index in [9.17, 15) is 13.6 Å². The normalized spacial score (nSPS) is 10.4. The van der Waals surface area contributed by atoms with Crippen molar-refractivity contribution in [2.24, 2.45) is 0 Å². The maximum Gasteiger partial charge on any atom is 0.344 e. The number of anilines is 1. The highest BCUT2D eigenvalue weighted by atomic mass is 79.9. The minimum Gasteiger partial charge on any atom is -0.480 e. The zero-order chi connectivity index (χ0) is 20.0. The Morgan fingerprint density at radius 3 is 2.63 bits per heavy atom. The highest BCUT2D eigenvalue weighted by molar-refractivity contribution is 9.10. The first-order valence-electron chi connectivity index (χ1n) is 8.12. The second kappa shape index (κ2) is 9.75. The van der Waals surface area contributed by atoms with Crippen molar-refractivity contribution >= 4 is 44.8 Å². The van der Waals surface area contributed by atoms with Crippen LogP contribution in [0.2, 0.25) is 0 Å². The first-order chi connectivity index (χ1) is 12.8. The molecule has 0 aliphatic rings. The molecule has 0 saturated heterocycles. The molecule has 0 aliphatic heterocycles. The Kier molecular flexibility index (Phi) is 7.67. The molecule has 0 amide bonds. The van der Waals surface area contributed by atoms with Gasteiger partial charge in [0.2, 0.25) is 0 Å². The molecule has 0 radical (unpaired) electrons. The molecule has 0 atom stereocenters. The highest BCUT2D eigenvalue weighted by Gasteiger charge is 2.14. The summed E-state index contributed by atoms with van der Waals surface area (Å²) in [6.45, 7) is 3.13. The van der Waals surface area contributed by atoms with Crippen LogP contribution in [-0.4, -0.2) is 24.2 Å². The molecule has 8 heteroatoms. The molecule has 2 aromatic rings. The van der Waals surface area contributed by atoms with Gasteiger partial charge in [-0.05, 0) is 43.2 Å². The van der Waals surface area contributed by atoms with Gasteiger partial charge in [0.15, 0.2) is 6.61 Å². The molecule has 2 aromatic carbocycles. The van der Waals surface area contributed by atoms with E-state index in [0.717, 1.165) is 0 Å². The molecular formula is C19H18BrF2NO3S. The van der Waals surface area contributed by atoms with E-state index in [1.54, 1.807) is 26.0 Å². The fraction of sp³-hybridized carbons (Fsp3) is 0.263. The summed E-state index contributed by atoms with van der Waals surface area (Å²) in [5.74, 6) is -1.32. The second-order valence-corrected chi connectivity index (χ2v) is 7.06. The van der Waals surface area contributed by atoms with Gasteiger partial charge in [0.1, 0.15) is 17.4 Å². The van der Waals surface area contributed by atoms with Crippen molar-refractivity contribution in [3.8, 4) is 5.75 Å². The van der Waals surface area contributed by atoms with Crippen molar-refractivity contribution in [3.05, 3.63) is 57.6 Å². The standard InChI is InChI=1S/C19H18BrF2NO3S/c1-3-25-19(24)10-26-17-9-14(21)11(2)6-16(17)23-18(27)7-12-4-5-13(20)8-15(12)22/h4-6,8-9H,3,7,10H2,1-2H3,(H,23,27). The van der Waals surface area contributed by atoms with Crippen molar-refractivity contribution in [1.29, 1.82) is 0 Å². The maximum atomic E-state index is 14.0. The summed E-state index contributed by atoms with van der Waals surface area (Å²) in [4.78, 5) is 11.8. The van der Waals surface area contributed by atoms with E-state index in [1.165, 1.54) is 18.2 Å². The number of hydrogen-bond acceptors (Lipinski definition) is 4. The van der Waals surface area contributed by atoms with Crippen molar-refractivity contribution in [2.45, 2.75) is 20.3 Å². The Bertz CT molecular complexity index is 861. The first-order valence-corrected chi connectivity index (χ1v) is 9.32. The predicted molar refractivity (Wildman–Crippen MR) is 107 cm³/mol. The van der Waals surface area contributed by atoms with Crippen LogP contribution in [0.3, 0.4) is 0 Å². The van der Waals surface area contributed by atoms with Gasteiger partial charge < -0.3 is 14.8 Å². The summed E-state index contributed by atoms with van der Waals surface area (Å²) in [5, 5.41) is 2.93. The molecule has 0 unspecified atom stereocenters. The number of halogens is 3. The van der Waals surface area contributed by atoms with Gasteiger partial charge in [0, 0.05) is 17.0 Å². The number of ether oxygens (including phenoxy) is 2. The van der Waals surface area contributed by atoms with E-state index < -0.39 is 11.8 Å². The second-order valence-electron chi connectivity index (χ2n) is 5.65. The van der Waals surface area contributed by atoms with Crippen molar-refractivity contribution in [3.63, 3.8) is 0 Å². The van der Waals surface area contributed by atoms with Crippen LogP contribution in [0.5, 0.6) is 5.75 Å². The Morgan fingerprint density at radius 2 is 1.96 bits per heavy atom. The highest BCUT2D eigenvalue weighted by Crippen LogP contribution is 2.28. The molecule has 0 bridgehead atoms. The lowest BCUT2D eigenvalue weighted by Crippen LogP contribution is -2.17. The number of rotatable bonds is 7. The van der Waals surface area contributed by atoms with Crippen LogP contribution >= 0.6 is 28.1 Å². The molecule has 144 valence electrons. The van der Waals surface area contributed by atoms with Crippen molar-refractivity contribution in [2.75, 3.05) is 18.5 Å². The third-order valence-electron chi connectivity index (χ3n) is 3.55. The number of thiocarbonyl (C=S) groups is 1. The van der Waals surface area contributed by atoms with E-state index in [2.05, 4.69) is 21.2 Å². The fourth-order valence-electron chi connectivity index (χ4n) is 2.25. The Morgan fingerprint density at radius 1 is 1.22 bits per heavy atom. The van der Waals surface area contributed by atoms with E-state index in [-0.39, 0.29) is 31.2 Å². The van der Waals surface area contributed by atoms with Crippen LogP contribution in [0, 0.1) is 18.6 Å². The molecule has 0 fully saturated rings. The van der Waals surface area contributed by atoms with E-state index in [1.807, 2.05) is 0 Å². The number of nitrogens with one attached hydrogen (secondary N) is 1. The van der Waals surface area contributed by atoms with Crippen LogP contribution in [-0.2, 0) is 16.0 Å². The van der Waals surface area contributed by atoms with Crippen LogP contribution in [0.4, 0.5) is 14.5 Å². The number of benzene rings is 2. The SMILES string of the molecule is CCOC(=O)COc1cc(F)c(C)cc1NC(=S)Cc1ccc(Br)cc1F. The number of aryl methyl sites for hydroxylation is 1. The average Bonchev–Trinajstić information content (AvgIpc) is 2.59. The lowest BCUT2D eigenvalue weighted by molar-refractivity contribution is -0.145. The quantitative estimate of drug-likeness (QED) is 0.470. The topological polar surface area (TPSA) is 47.6 Å². The Hall–Kier alpha value is -2.06. The zero-order valence-corrected chi connectivity index (χ0v) is 17.2. The fourth-order valence-corrected chi connectivity index (χ4v) is 2.85. The van der Waals surface area contributed by atoms with Crippen molar-refractivity contribution in [1.82, 2.24) is 0 Å². The molecular weight excluding hydrogens is 440 g/mol. The lowest BCUT2D eigenvalue weighted by Gasteiger charge is -2.15. The minimum atomic E-state index is -0.566. The molecule has 2 rings (SSSR count). The summed E-state index contributed by atoms with van der Waals surface area (Å²) < 4.78 is 38.7. The number of carbonyl (C=O) groups is 1. The van der Waals surface area contributed by atoms with Gasteiger partial charge in [-0.1, -0.05) is 34.2 Å². The van der Waals surface area contributed by atoms with Gasteiger partial charge >= 0.3 is 5.97 Å². The maximum absolute atomic E-state index is 14.0. The number of esters is 1. The number of hydrogen-bond donors (Lipinski definition) is 1. The smallest absolute Gasteiger partial charge is 0.344 e. The predicted octanol–water partition coefficient (Wildman–Crippen LogP) is 4.96. The Balaban J connectivity index is 2.14. The van der Waals surface area contributed by atoms with Gasteiger partial charge in [-0.3, -0.25) is 0 Å². The molecule has 0 spiro atoms. The van der Waals surface area contributed by atoms with E-state index in [0.29, 0.717) is 26.3 Å². The van der Waals surface area contributed by atoms with Gasteiger partial charge in [0.05, 0.1) is 17.3 Å². The average molecular weight is 458 g/mol. The summed E-state index contributed by atoms with van der Waals surface area (Å²) in [6, 6.07) is 7.38. The van der Waals surface area contributed by atoms with Crippen LogP contribution in [0.1, 0.15) is 18.1 Å². The van der Waals surface area contributed by atoms with Crippen LogP contribution in [0.15, 0.2) is 34.8 Å². The minimum absolute atomic E-state index is 0.116. The summed E-state index contributed by atoms with van der Waals surface area (Å²) >= 11 is 8.50. The van der Waals surface area contributed by atoms with Gasteiger partial charge in [-0.15, -0.1) is 0 Å². The monoisotopic (exact) mass is 457 g/mol. The molecule has 27 heavy (non-hydrogen) atoms. The summed E-state index contributed by atoms with van der Waals surface area (Å²) in [6.07, 6.45) is 0.155. The lowest BCUT2D eigenvalue weighted by atomic mass is 10.1. The summed E-state index contributed by atoms with van der Waals surface area (Å²) in [5.41, 5.74) is 1.18. The molecule has 0 aromatic heterocycles. The summed E-state index contributed by atoms with van der Waals surface area (Å²) in [7, 11) is 0. The molecule has 0 heterocycles. The third-order valence-corrected chi connectivity index (χ3v) is 4.29. The first kappa shape index (κ1) is 21.2. The largest absolute Gasteiger partial charge is 0.480 e. The molecule has 1 N–H and O–H groups in total.